The summed E-state index contributed by atoms with van der Waals surface area (Å²) in [5, 5.41) is 3.44. The summed E-state index contributed by atoms with van der Waals surface area (Å²) in [6.45, 7) is 3.37. The molecule has 0 aromatic carbocycles. The van der Waals surface area contributed by atoms with E-state index in [4.69, 9.17) is 5.73 Å². The zero-order chi connectivity index (χ0) is 13.2. The SMILES string of the molecule is CN1CCCC(CNc2cc(N)nc(C3CC3)n2)C1. The maximum absolute atomic E-state index is 5.86. The number of anilines is 2. The molecule has 0 bridgehead atoms. The Morgan fingerprint density at radius 2 is 2.21 bits per heavy atom. The van der Waals surface area contributed by atoms with E-state index in [1.807, 2.05) is 6.07 Å². The summed E-state index contributed by atoms with van der Waals surface area (Å²) in [7, 11) is 2.19. The van der Waals surface area contributed by atoms with Gasteiger partial charge in [0, 0.05) is 25.1 Å². The fraction of sp³-hybridized carbons (Fsp3) is 0.714. The summed E-state index contributed by atoms with van der Waals surface area (Å²) in [4.78, 5) is 11.3. The van der Waals surface area contributed by atoms with Crippen LogP contribution in [0.5, 0.6) is 0 Å². The van der Waals surface area contributed by atoms with Crippen LogP contribution in [0, 0.1) is 5.92 Å². The van der Waals surface area contributed by atoms with Crippen molar-refractivity contribution < 1.29 is 0 Å². The fourth-order valence-corrected chi connectivity index (χ4v) is 2.79. The molecular weight excluding hydrogens is 238 g/mol. The van der Waals surface area contributed by atoms with Gasteiger partial charge < -0.3 is 16.0 Å². The van der Waals surface area contributed by atoms with E-state index in [-0.39, 0.29) is 0 Å². The zero-order valence-electron chi connectivity index (χ0n) is 11.6. The van der Waals surface area contributed by atoms with Gasteiger partial charge in [0.15, 0.2) is 0 Å². The third-order valence-electron chi connectivity index (χ3n) is 4.00. The topological polar surface area (TPSA) is 67.1 Å². The van der Waals surface area contributed by atoms with E-state index in [1.54, 1.807) is 0 Å². The highest BCUT2D eigenvalue weighted by molar-refractivity contribution is 5.45. The monoisotopic (exact) mass is 261 g/mol. The van der Waals surface area contributed by atoms with E-state index in [9.17, 15) is 0 Å². The van der Waals surface area contributed by atoms with Crippen LogP contribution in [0.15, 0.2) is 6.07 Å². The quantitative estimate of drug-likeness (QED) is 0.863. The summed E-state index contributed by atoms with van der Waals surface area (Å²) in [5.74, 6) is 3.65. The van der Waals surface area contributed by atoms with E-state index in [2.05, 4.69) is 27.2 Å². The number of nitrogens with two attached hydrogens (primary N) is 1. The lowest BCUT2D eigenvalue weighted by Crippen LogP contribution is -2.35. The van der Waals surface area contributed by atoms with Gasteiger partial charge in [-0.15, -0.1) is 0 Å². The number of piperidine rings is 1. The number of hydrogen-bond donors (Lipinski definition) is 2. The zero-order valence-corrected chi connectivity index (χ0v) is 11.6. The molecule has 1 saturated carbocycles. The molecule has 3 N–H and O–H groups in total. The maximum atomic E-state index is 5.86. The second-order valence-corrected chi connectivity index (χ2v) is 5.96. The van der Waals surface area contributed by atoms with Gasteiger partial charge in [-0.25, -0.2) is 9.97 Å². The minimum atomic E-state index is 0.546. The number of aromatic nitrogens is 2. The Morgan fingerprint density at radius 3 is 2.95 bits per heavy atom. The Labute approximate surface area is 114 Å². The summed E-state index contributed by atoms with van der Waals surface area (Å²) >= 11 is 0. The lowest BCUT2D eigenvalue weighted by molar-refractivity contribution is 0.217. The highest BCUT2D eigenvalue weighted by Gasteiger charge is 2.27. The van der Waals surface area contributed by atoms with Gasteiger partial charge in [0.2, 0.25) is 0 Å². The van der Waals surface area contributed by atoms with Crippen molar-refractivity contribution in [3.63, 3.8) is 0 Å². The van der Waals surface area contributed by atoms with Crippen LogP contribution < -0.4 is 11.1 Å². The van der Waals surface area contributed by atoms with Crippen molar-refractivity contribution in [1.29, 1.82) is 0 Å². The van der Waals surface area contributed by atoms with Crippen molar-refractivity contribution in [3.05, 3.63) is 11.9 Å². The summed E-state index contributed by atoms with van der Waals surface area (Å²) in [6, 6.07) is 1.85. The van der Waals surface area contributed by atoms with Gasteiger partial charge >= 0.3 is 0 Å². The molecule has 0 spiro atoms. The van der Waals surface area contributed by atoms with Crippen molar-refractivity contribution in [2.24, 2.45) is 5.92 Å². The number of likely N-dealkylation sites (tertiary alicyclic amines) is 1. The summed E-state index contributed by atoms with van der Waals surface area (Å²) in [6.07, 6.45) is 5.00. The van der Waals surface area contributed by atoms with Crippen LogP contribution in [0.3, 0.4) is 0 Å². The average Bonchev–Trinajstić information content (AvgIpc) is 3.20. The second kappa shape index (κ2) is 5.33. The van der Waals surface area contributed by atoms with Crippen LogP contribution in [0.2, 0.25) is 0 Å². The minimum Gasteiger partial charge on any atom is -0.384 e. The van der Waals surface area contributed by atoms with Crippen molar-refractivity contribution in [2.75, 3.05) is 37.7 Å². The molecule has 19 heavy (non-hydrogen) atoms. The molecule has 3 rings (SSSR count). The van der Waals surface area contributed by atoms with Crippen LogP contribution in [0.1, 0.15) is 37.4 Å². The number of nitrogens with one attached hydrogen (secondary N) is 1. The van der Waals surface area contributed by atoms with Crippen LogP contribution >= 0.6 is 0 Å². The predicted octanol–water partition coefficient (Wildman–Crippen LogP) is 1.69. The molecular formula is C14H23N5. The molecule has 0 amide bonds. The number of nitrogen functional groups attached to an aromatic ring is 1. The summed E-state index contributed by atoms with van der Waals surface area (Å²) < 4.78 is 0. The first kappa shape index (κ1) is 12.7. The fourth-order valence-electron chi connectivity index (χ4n) is 2.79. The molecule has 2 aliphatic rings. The van der Waals surface area contributed by atoms with Crippen molar-refractivity contribution in [2.45, 2.75) is 31.6 Å². The van der Waals surface area contributed by atoms with E-state index >= 15 is 0 Å². The van der Waals surface area contributed by atoms with Gasteiger partial charge in [0.25, 0.3) is 0 Å². The van der Waals surface area contributed by atoms with Gasteiger partial charge in [-0.05, 0) is 45.2 Å². The van der Waals surface area contributed by atoms with Gasteiger partial charge in [0.1, 0.15) is 17.5 Å². The van der Waals surface area contributed by atoms with E-state index < -0.39 is 0 Å². The first-order valence-electron chi connectivity index (χ1n) is 7.27. The molecule has 1 aliphatic heterocycles. The second-order valence-electron chi connectivity index (χ2n) is 5.96. The smallest absolute Gasteiger partial charge is 0.136 e. The van der Waals surface area contributed by atoms with Crippen molar-refractivity contribution in [3.8, 4) is 0 Å². The van der Waals surface area contributed by atoms with Crippen LogP contribution in [-0.2, 0) is 0 Å². The average molecular weight is 261 g/mol. The predicted molar refractivity (Wildman–Crippen MR) is 77.1 cm³/mol. The molecule has 1 saturated heterocycles. The first-order valence-corrected chi connectivity index (χ1v) is 7.27. The van der Waals surface area contributed by atoms with E-state index in [0.29, 0.717) is 17.7 Å². The highest BCUT2D eigenvalue weighted by atomic mass is 15.1. The number of rotatable bonds is 4. The summed E-state index contributed by atoms with van der Waals surface area (Å²) in [5.41, 5.74) is 5.86. The van der Waals surface area contributed by atoms with Crippen LogP contribution in [0.4, 0.5) is 11.6 Å². The van der Waals surface area contributed by atoms with Crippen LogP contribution in [0.25, 0.3) is 0 Å². The molecule has 1 aliphatic carbocycles. The molecule has 1 aromatic heterocycles. The number of nitrogens with zero attached hydrogens (tertiary/aromatic N) is 3. The van der Waals surface area contributed by atoms with E-state index in [1.165, 1.54) is 38.8 Å². The van der Waals surface area contributed by atoms with Gasteiger partial charge in [-0.3, -0.25) is 0 Å². The minimum absolute atomic E-state index is 0.546. The molecule has 1 atom stereocenters. The molecule has 5 heteroatoms. The first-order chi connectivity index (χ1) is 9.20. The van der Waals surface area contributed by atoms with Crippen molar-refractivity contribution >= 4 is 11.6 Å². The Morgan fingerprint density at radius 1 is 1.37 bits per heavy atom. The molecule has 104 valence electrons. The van der Waals surface area contributed by atoms with Crippen molar-refractivity contribution in [1.82, 2.24) is 14.9 Å². The Bertz CT molecular complexity index is 443. The van der Waals surface area contributed by atoms with Gasteiger partial charge in [0.05, 0.1) is 0 Å². The molecule has 2 fully saturated rings. The molecule has 2 heterocycles. The standard InChI is InChI=1S/C14H23N5/c1-19-6-2-3-10(9-19)8-16-13-7-12(15)17-14(18-13)11-4-5-11/h7,10-11H,2-6,8-9H2,1H3,(H3,15,16,17,18). The lowest BCUT2D eigenvalue weighted by atomic mass is 9.98. The highest BCUT2D eigenvalue weighted by Crippen LogP contribution is 2.38. The van der Waals surface area contributed by atoms with Gasteiger partial charge in [-0.2, -0.15) is 0 Å². The third kappa shape index (κ3) is 3.35. The Kier molecular flexibility index (Phi) is 3.55. The van der Waals surface area contributed by atoms with E-state index in [0.717, 1.165) is 18.2 Å². The lowest BCUT2D eigenvalue weighted by Gasteiger charge is -2.29. The maximum Gasteiger partial charge on any atom is 0.136 e. The molecule has 0 radical (unpaired) electrons. The normalized spacial score (nSPS) is 24.4. The number of hydrogen-bond acceptors (Lipinski definition) is 5. The Hall–Kier alpha value is -1.36. The van der Waals surface area contributed by atoms with Gasteiger partial charge in [-0.1, -0.05) is 0 Å². The Balaban J connectivity index is 1.59. The van der Waals surface area contributed by atoms with Crippen LogP contribution in [-0.4, -0.2) is 41.5 Å². The largest absolute Gasteiger partial charge is 0.384 e. The third-order valence-corrected chi connectivity index (χ3v) is 4.00. The molecule has 5 nitrogen and oxygen atoms in total. The molecule has 1 aromatic rings. The molecule has 1 unspecified atom stereocenters.